The van der Waals surface area contributed by atoms with E-state index in [1.54, 1.807) is 14.2 Å². The largest absolute Gasteiger partial charge is 0.497 e. The summed E-state index contributed by atoms with van der Waals surface area (Å²) in [6.07, 6.45) is 1.06. The smallest absolute Gasteiger partial charge is 0.220 e. The van der Waals surface area contributed by atoms with E-state index in [4.69, 9.17) is 9.47 Å². The Morgan fingerprint density at radius 3 is 2.22 bits per heavy atom. The molecule has 0 fully saturated rings. The van der Waals surface area contributed by atoms with Crippen LogP contribution in [-0.4, -0.2) is 20.1 Å². The topological polar surface area (TPSA) is 47.6 Å². The third-order valence-corrected chi connectivity index (χ3v) is 3.73. The van der Waals surface area contributed by atoms with Crippen LogP contribution >= 0.6 is 0 Å². The third-order valence-electron chi connectivity index (χ3n) is 3.73. The lowest BCUT2D eigenvalue weighted by molar-refractivity contribution is -0.121. The molecule has 0 saturated carbocycles. The number of rotatable bonds is 7. The van der Waals surface area contributed by atoms with E-state index in [2.05, 4.69) is 5.32 Å². The number of benzene rings is 2. The molecular weight excluding hydrogens is 290 g/mol. The van der Waals surface area contributed by atoms with Crippen LogP contribution in [0.2, 0.25) is 0 Å². The van der Waals surface area contributed by atoms with Gasteiger partial charge in [0.2, 0.25) is 5.91 Å². The van der Waals surface area contributed by atoms with Gasteiger partial charge in [-0.15, -0.1) is 0 Å². The molecule has 4 nitrogen and oxygen atoms in total. The molecule has 4 heteroatoms. The van der Waals surface area contributed by atoms with E-state index < -0.39 is 0 Å². The van der Waals surface area contributed by atoms with E-state index >= 15 is 0 Å². The Bertz CT molecular complexity index is 618. The predicted molar refractivity (Wildman–Crippen MR) is 90.9 cm³/mol. The molecule has 1 N–H and O–H groups in total. The van der Waals surface area contributed by atoms with Crippen molar-refractivity contribution in [2.24, 2.45) is 0 Å². The lowest BCUT2D eigenvalue weighted by atomic mass is 10.1. The number of nitrogens with one attached hydrogen (secondary N) is 1. The molecule has 23 heavy (non-hydrogen) atoms. The van der Waals surface area contributed by atoms with Gasteiger partial charge in [-0.25, -0.2) is 0 Å². The average molecular weight is 313 g/mol. The van der Waals surface area contributed by atoms with Crippen LogP contribution in [0.4, 0.5) is 0 Å². The Balaban J connectivity index is 1.91. The second-order valence-electron chi connectivity index (χ2n) is 5.42. The molecule has 0 aliphatic heterocycles. The molecule has 0 heterocycles. The first-order chi connectivity index (χ1) is 11.1. The molecule has 2 rings (SSSR count). The first-order valence-corrected chi connectivity index (χ1v) is 7.68. The van der Waals surface area contributed by atoms with Crippen molar-refractivity contribution in [2.45, 2.75) is 25.8 Å². The molecule has 0 unspecified atom stereocenters. The van der Waals surface area contributed by atoms with Gasteiger partial charge in [-0.05, 0) is 36.6 Å². The molecule has 0 saturated heterocycles. The summed E-state index contributed by atoms with van der Waals surface area (Å²) in [4.78, 5) is 12.1. The zero-order valence-corrected chi connectivity index (χ0v) is 13.8. The fourth-order valence-electron chi connectivity index (χ4n) is 2.41. The lowest BCUT2D eigenvalue weighted by Gasteiger charge is -2.14. The van der Waals surface area contributed by atoms with E-state index in [1.165, 1.54) is 0 Å². The Hall–Kier alpha value is -2.49. The van der Waals surface area contributed by atoms with E-state index in [0.717, 1.165) is 22.6 Å². The van der Waals surface area contributed by atoms with Crippen molar-refractivity contribution in [1.82, 2.24) is 5.32 Å². The van der Waals surface area contributed by atoms with E-state index in [-0.39, 0.29) is 11.9 Å². The zero-order valence-electron chi connectivity index (χ0n) is 13.8. The molecule has 0 aliphatic rings. The van der Waals surface area contributed by atoms with Gasteiger partial charge in [0.15, 0.2) is 0 Å². The highest BCUT2D eigenvalue weighted by Gasteiger charge is 2.10. The highest BCUT2D eigenvalue weighted by molar-refractivity contribution is 5.76. The maximum atomic E-state index is 12.1. The summed E-state index contributed by atoms with van der Waals surface area (Å²) in [6, 6.07) is 15.6. The van der Waals surface area contributed by atoms with Crippen LogP contribution in [0.3, 0.4) is 0 Å². The quantitative estimate of drug-likeness (QED) is 0.851. The Morgan fingerprint density at radius 2 is 1.65 bits per heavy atom. The second-order valence-corrected chi connectivity index (χ2v) is 5.42. The summed E-state index contributed by atoms with van der Waals surface area (Å²) in [7, 11) is 3.24. The van der Waals surface area contributed by atoms with Gasteiger partial charge >= 0.3 is 0 Å². The van der Waals surface area contributed by atoms with Crippen molar-refractivity contribution in [2.75, 3.05) is 14.2 Å². The van der Waals surface area contributed by atoms with E-state index in [0.29, 0.717) is 12.8 Å². The summed E-state index contributed by atoms with van der Waals surface area (Å²) < 4.78 is 10.5. The highest BCUT2D eigenvalue weighted by Crippen LogP contribution is 2.23. The summed E-state index contributed by atoms with van der Waals surface area (Å²) in [6.45, 7) is 1.99. The monoisotopic (exact) mass is 313 g/mol. The van der Waals surface area contributed by atoms with Crippen LogP contribution in [0.25, 0.3) is 0 Å². The summed E-state index contributed by atoms with van der Waals surface area (Å²) in [5, 5.41) is 3.02. The molecule has 1 amide bonds. The first kappa shape index (κ1) is 16.9. The van der Waals surface area contributed by atoms with Crippen LogP contribution in [0.1, 0.15) is 30.5 Å². The van der Waals surface area contributed by atoms with Gasteiger partial charge in [-0.2, -0.15) is 0 Å². The van der Waals surface area contributed by atoms with Gasteiger partial charge in [-0.1, -0.05) is 30.3 Å². The molecule has 1 atom stereocenters. The SMILES string of the molecule is COc1cc(CCC(=O)N[C@H](C)c2ccccc2)cc(OC)c1. The third kappa shape index (κ3) is 5.02. The molecule has 0 spiro atoms. The van der Waals surface area contributed by atoms with Crippen molar-refractivity contribution >= 4 is 5.91 Å². The fourth-order valence-corrected chi connectivity index (χ4v) is 2.41. The van der Waals surface area contributed by atoms with Gasteiger partial charge in [0.05, 0.1) is 20.3 Å². The first-order valence-electron chi connectivity index (χ1n) is 7.68. The minimum atomic E-state index is 0.00328. The zero-order chi connectivity index (χ0) is 16.7. The van der Waals surface area contributed by atoms with E-state index in [1.807, 2.05) is 55.5 Å². The summed E-state index contributed by atoms with van der Waals surface area (Å²) >= 11 is 0. The van der Waals surface area contributed by atoms with E-state index in [9.17, 15) is 4.79 Å². The van der Waals surface area contributed by atoms with Gasteiger partial charge in [0.1, 0.15) is 11.5 Å². The number of hydrogen-bond acceptors (Lipinski definition) is 3. The molecule has 122 valence electrons. The number of carbonyl (C=O) groups is 1. The molecule has 0 aromatic heterocycles. The van der Waals surface area contributed by atoms with Crippen molar-refractivity contribution < 1.29 is 14.3 Å². The molecule has 0 aliphatic carbocycles. The number of amides is 1. The lowest BCUT2D eigenvalue weighted by Crippen LogP contribution is -2.26. The number of ether oxygens (including phenoxy) is 2. The van der Waals surface area contributed by atoms with Gasteiger partial charge in [-0.3, -0.25) is 4.79 Å². The minimum absolute atomic E-state index is 0.00328. The normalized spacial score (nSPS) is 11.6. The van der Waals surface area contributed by atoms with Crippen molar-refractivity contribution in [3.8, 4) is 11.5 Å². The number of aryl methyl sites for hydroxylation is 1. The number of methoxy groups -OCH3 is 2. The van der Waals surface area contributed by atoms with Gasteiger partial charge < -0.3 is 14.8 Å². The summed E-state index contributed by atoms with van der Waals surface area (Å²) in [5.41, 5.74) is 2.12. The maximum absolute atomic E-state index is 12.1. The minimum Gasteiger partial charge on any atom is -0.497 e. The number of hydrogen-bond donors (Lipinski definition) is 1. The van der Waals surface area contributed by atoms with Crippen molar-refractivity contribution in [3.63, 3.8) is 0 Å². The standard InChI is InChI=1S/C19H23NO3/c1-14(16-7-5-4-6-8-16)20-19(21)10-9-15-11-17(22-2)13-18(12-15)23-3/h4-8,11-14H,9-10H2,1-3H3,(H,20,21)/t14-/m1/s1. The highest BCUT2D eigenvalue weighted by atomic mass is 16.5. The molecule has 2 aromatic carbocycles. The second kappa shape index (κ2) is 8.22. The van der Waals surface area contributed by atoms with Crippen molar-refractivity contribution in [1.29, 1.82) is 0 Å². The van der Waals surface area contributed by atoms with Crippen LogP contribution < -0.4 is 14.8 Å². The predicted octanol–water partition coefficient (Wildman–Crippen LogP) is 3.51. The van der Waals surface area contributed by atoms with Crippen LogP contribution in [0.5, 0.6) is 11.5 Å². The Labute approximate surface area is 137 Å². The fraction of sp³-hybridized carbons (Fsp3) is 0.316. The molecule has 0 bridgehead atoms. The molecule has 2 aromatic rings. The molecular formula is C19H23NO3. The van der Waals surface area contributed by atoms with Crippen molar-refractivity contribution in [3.05, 3.63) is 59.7 Å². The molecule has 0 radical (unpaired) electrons. The Kier molecular flexibility index (Phi) is 6.03. The number of carbonyl (C=O) groups excluding carboxylic acids is 1. The maximum Gasteiger partial charge on any atom is 0.220 e. The van der Waals surface area contributed by atoms with Gasteiger partial charge in [0.25, 0.3) is 0 Å². The van der Waals surface area contributed by atoms with Crippen LogP contribution in [0, 0.1) is 0 Å². The average Bonchev–Trinajstić information content (AvgIpc) is 2.60. The Morgan fingerprint density at radius 1 is 1.04 bits per heavy atom. The van der Waals surface area contributed by atoms with Gasteiger partial charge in [0, 0.05) is 12.5 Å². The summed E-state index contributed by atoms with van der Waals surface area (Å²) in [5.74, 6) is 1.50. The van der Waals surface area contributed by atoms with Crippen LogP contribution in [-0.2, 0) is 11.2 Å². The van der Waals surface area contributed by atoms with Crippen LogP contribution in [0.15, 0.2) is 48.5 Å².